The van der Waals surface area contributed by atoms with Crippen molar-refractivity contribution in [3.05, 3.63) is 47.7 Å². The predicted molar refractivity (Wildman–Crippen MR) is 161 cm³/mol. The zero-order chi connectivity index (χ0) is 29.8. The third-order valence-electron chi connectivity index (χ3n) is 8.46. The van der Waals surface area contributed by atoms with Gasteiger partial charge in [0.15, 0.2) is 6.79 Å². The van der Waals surface area contributed by atoms with E-state index in [9.17, 15) is 14.3 Å². The van der Waals surface area contributed by atoms with E-state index in [1.165, 1.54) is 4.90 Å². The number of halogens is 1. The first-order valence-electron chi connectivity index (χ1n) is 15.0. The molecule has 43 heavy (non-hydrogen) atoms. The summed E-state index contributed by atoms with van der Waals surface area (Å²) >= 11 is 0. The van der Waals surface area contributed by atoms with Crippen LogP contribution in [0, 0.1) is 0 Å². The molecular weight excluding hydrogens is 555 g/mol. The Balaban J connectivity index is 1.27. The fraction of sp³-hybridized carbons (Fsp3) is 0.516. The molecule has 4 heterocycles. The molecule has 0 saturated carbocycles. The number of nitrogens with zero attached hydrogens (tertiary/aromatic N) is 6. The average molecular weight is 595 g/mol. The summed E-state index contributed by atoms with van der Waals surface area (Å²) in [5.41, 5.74) is 3.01. The zero-order valence-corrected chi connectivity index (χ0v) is 24.6. The number of hydrogen-bond acceptors (Lipinski definition) is 9. The van der Waals surface area contributed by atoms with E-state index in [0.717, 1.165) is 65.2 Å². The van der Waals surface area contributed by atoms with Gasteiger partial charge < -0.3 is 34.0 Å². The first-order valence-corrected chi connectivity index (χ1v) is 15.0. The fourth-order valence-electron chi connectivity index (χ4n) is 6.23. The van der Waals surface area contributed by atoms with Gasteiger partial charge in [0.05, 0.1) is 12.2 Å². The number of carboxylic acid groups (broad SMARTS) is 1. The number of piperazine rings is 1. The van der Waals surface area contributed by atoms with Crippen molar-refractivity contribution in [1.82, 2.24) is 19.8 Å². The highest BCUT2D eigenvalue weighted by atomic mass is 19.1. The lowest BCUT2D eigenvalue weighted by Gasteiger charge is -2.37. The van der Waals surface area contributed by atoms with Gasteiger partial charge in [0.2, 0.25) is 0 Å². The quantitative estimate of drug-likeness (QED) is 0.368. The second-order valence-electron chi connectivity index (χ2n) is 11.3. The van der Waals surface area contributed by atoms with Crippen LogP contribution < -0.4 is 19.3 Å². The number of aromatic nitrogens is 2. The van der Waals surface area contributed by atoms with Crippen LogP contribution in [0.5, 0.6) is 11.8 Å². The Bertz CT molecular complexity index is 1440. The molecule has 3 aliphatic rings. The van der Waals surface area contributed by atoms with E-state index >= 15 is 0 Å². The minimum Gasteiger partial charge on any atom is -0.467 e. The Labute approximate surface area is 250 Å². The average Bonchev–Trinajstić information content (AvgIpc) is 3.03. The smallest absolute Gasteiger partial charge is 0.407 e. The molecule has 12 heteroatoms. The molecular formula is C31H39FN6O5. The summed E-state index contributed by atoms with van der Waals surface area (Å²) in [7, 11) is 1.60. The van der Waals surface area contributed by atoms with Crippen LogP contribution in [0.25, 0.3) is 10.8 Å². The molecule has 0 aliphatic carbocycles. The van der Waals surface area contributed by atoms with Crippen LogP contribution in [-0.2, 0) is 17.7 Å². The Hall–Kier alpha value is -3.90. The largest absolute Gasteiger partial charge is 0.467 e. The number of methoxy groups -OCH3 is 1. The molecule has 1 aromatic heterocycles. The van der Waals surface area contributed by atoms with E-state index in [-0.39, 0.29) is 6.79 Å². The first kappa shape index (κ1) is 29.2. The zero-order valence-electron chi connectivity index (χ0n) is 24.6. The van der Waals surface area contributed by atoms with Gasteiger partial charge >= 0.3 is 12.1 Å². The van der Waals surface area contributed by atoms with Gasteiger partial charge in [-0.25, -0.2) is 9.18 Å². The molecule has 0 spiro atoms. The number of alkyl halides is 1. The van der Waals surface area contributed by atoms with Crippen molar-refractivity contribution in [3.63, 3.8) is 0 Å². The Morgan fingerprint density at radius 2 is 1.88 bits per heavy atom. The number of ether oxygens (including phenoxy) is 3. The summed E-state index contributed by atoms with van der Waals surface area (Å²) in [5.74, 6) is 1.55. The molecule has 11 nitrogen and oxygen atoms in total. The molecule has 0 unspecified atom stereocenters. The summed E-state index contributed by atoms with van der Waals surface area (Å²) in [6.07, 6.45) is 0.515. The minimum atomic E-state index is -0.902. The van der Waals surface area contributed by atoms with Gasteiger partial charge in [0.25, 0.3) is 0 Å². The van der Waals surface area contributed by atoms with Crippen molar-refractivity contribution in [2.45, 2.75) is 32.0 Å². The van der Waals surface area contributed by atoms with E-state index in [2.05, 4.69) is 26.8 Å². The van der Waals surface area contributed by atoms with Crippen molar-refractivity contribution < 1.29 is 28.5 Å². The Morgan fingerprint density at radius 1 is 1.05 bits per heavy atom. The van der Waals surface area contributed by atoms with E-state index in [1.54, 1.807) is 7.11 Å². The van der Waals surface area contributed by atoms with E-state index in [1.807, 2.05) is 24.3 Å². The highest BCUT2D eigenvalue weighted by molar-refractivity contribution is 5.95. The van der Waals surface area contributed by atoms with E-state index in [4.69, 9.17) is 24.2 Å². The molecule has 6 rings (SSSR count). The second kappa shape index (κ2) is 13.2. The van der Waals surface area contributed by atoms with Crippen LogP contribution in [0.15, 0.2) is 36.4 Å². The van der Waals surface area contributed by atoms with Gasteiger partial charge in [-0.05, 0) is 37.3 Å². The third-order valence-corrected chi connectivity index (χ3v) is 8.46. The first-order chi connectivity index (χ1) is 21.0. The lowest BCUT2D eigenvalue weighted by molar-refractivity contribution is 0.0512. The SMILES string of the molecule is COCOc1cc(N2CCc3c(nc(OCCN4CCC[C@@H](F)C4)nc3N3CCN(C(=O)O)CC3)C2)c2ccccc2c1. The third kappa shape index (κ3) is 6.70. The topological polar surface area (TPSA) is 104 Å². The van der Waals surface area contributed by atoms with Gasteiger partial charge in [-0.3, -0.25) is 4.90 Å². The molecule has 1 amide bonds. The van der Waals surface area contributed by atoms with Crippen molar-refractivity contribution >= 4 is 28.4 Å². The molecule has 3 aromatic rings. The molecule has 1 atom stereocenters. The summed E-state index contributed by atoms with van der Waals surface area (Å²) in [6, 6.07) is 12.6. The number of likely N-dealkylation sites (tertiary alicyclic amines) is 1. The molecule has 0 bridgehead atoms. The summed E-state index contributed by atoms with van der Waals surface area (Å²) in [6.45, 7) is 5.68. The van der Waals surface area contributed by atoms with Crippen molar-refractivity contribution in [2.75, 3.05) is 82.7 Å². The summed E-state index contributed by atoms with van der Waals surface area (Å²) < 4.78 is 31.0. The van der Waals surface area contributed by atoms with E-state index in [0.29, 0.717) is 64.9 Å². The van der Waals surface area contributed by atoms with Gasteiger partial charge in [-0.2, -0.15) is 9.97 Å². The number of benzene rings is 2. The molecule has 2 aromatic carbocycles. The summed E-state index contributed by atoms with van der Waals surface area (Å²) in [5, 5.41) is 11.6. The predicted octanol–water partition coefficient (Wildman–Crippen LogP) is 3.79. The lowest BCUT2D eigenvalue weighted by atomic mass is 10.0. The maximum absolute atomic E-state index is 13.9. The lowest BCUT2D eigenvalue weighted by Crippen LogP contribution is -2.49. The standard InChI is InChI=1S/C31H39FN6O5/c1-41-21-43-24-17-22-5-2-3-7-25(22)28(18-24)38-10-8-26-27(20-38)33-30(42-16-15-35-9-4-6-23(32)19-35)34-29(26)36-11-13-37(14-12-36)31(39)40/h2-3,5,7,17-18,23H,4,6,8-16,19-21H2,1H3,(H,39,40)/t23-/m1/s1. The Kier molecular flexibility index (Phi) is 8.94. The van der Waals surface area contributed by atoms with Crippen LogP contribution in [0.3, 0.4) is 0 Å². The van der Waals surface area contributed by atoms with E-state index < -0.39 is 12.3 Å². The maximum Gasteiger partial charge on any atom is 0.407 e. The number of anilines is 2. The normalized spacial score (nSPS) is 19.4. The van der Waals surface area contributed by atoms with Crippen molar-refractivity contribution in [3.8, 4) is 11.8 Å². The number of piperidine rings is 1. The Morgan fingerprint density at radius 3 is 2.67 bits per heavy atom. The molecule has 2 fully saturated rings. The van der Waals surface area contributed by atoms with Crippen LogP contribution >= 0.6 is 0 Å². The molecule has 1 N–H and O–H groups in total. The van der Waals surface area contributed by atoms with Gasteiger partial charge in [0.1, 0.15) is 24.3 Å². The highest BCUT2D eigenvalue weighted by Crippen LogP contribution is 2.37. The summed E-state index contributed by atoms with van der Waals surface area (Å²) in [4.78, 5) is 29.2. The molecule has 3 aliphatic heterocycles. The van der Waals surface area contributed by atoms with Gasteiger partial charge in [-0.15, -0.1) is 0 Å². The number of fused-ring (bicyclic) bond motifs is 2. The molecule has 0 radical (unpaired) electrons. The minimum absolute atomic E-state index is 0.163. The van der Waals surface area contributed by atoms with Crippen LogP contribution in [-0.4, -0.2) is 110 Å². The van der Waals surface area contributed by atoms with Gasteiger partial charge in [0, 0.05) is 75.6 Å². The molecule has 230 valence electrons. The molecule has 2 saturated heterocycles. The maximum atomic E-state index is 13.9. The highest BCUT2D eigenvalue weighted by Gasteiger charge is 2.29. The van der Waals surface area contributed by atoms with Crippen molar-refractivity contribution in [1.29, 1.82) is 0 Å². The number of hydrogen-bond donors (Lipinski definition) is 1. The fourth-order valence-corrected chi connectivity index (χ4v) is 6.23. The van der Waals surface area contributed by atoms with Crippen molar-refractivity contribution in [2.24, 2.45) is 0 Å². The second-order valence-corrected chi connectivity index (χ2v) is 11.3. The van der Waals surface area contributed by atoms with Crippen LogP contribution in [0.1, 0.15) is 24.1 Å². The van der Waals surface area contributed by atoms with Gasteiger partial charge in [-0.1, -0.05) is 24.3 Å². The van der Waals surface area contributed by atoms with Crippen LogP contribution in [0.4, 0.5) is 20.7 Å². The monoisotopic (exact) mass is 594 g/mol. The number of rotatable bonds is 9. The number of carbonyl (C=O) groups is 1. The van der Waals surface area contributed by atoms with Crippen LogP contribution in [0.2, 0.25) is 0 Å². The number of amides is 1.